The molecule has 0 saturated carbocycles. The minimum atomic E-state index is -0.561. The predicted octanol–water partition coefficient (Wildman–Crippen LogP) is 2.55. The van der Waals surface area contributed by atoms with E-state index in [2.05, 4.69) is 26.6 Å². The minimum absolute atomic E-state index is 0.0281. The van der Waals surface area contributed by atoms with Gasteiger partial charge in [0.2, 0.25) is 5.91 Å². The number of rotatable bonds is 5. The van der Waals surface area contributed by atoms with Crippen molar-refractivity contribution in [1.82, 2.24) is 5.32 Å². The zero-order valence-corrected chi connectivity index (χ0v) is 13.9. The van der Waals surface area contributed by atoms with Gasteiger partial charge in [0.25, 0.3) is 0 Å². The Morgan fingerprint density at radius 2 is 2.00 bits per heavy atom. The van der Waals surface area contributed by atoms with Crippen LogP contribution >= 0.6 is 28.1 Å². The molecule has 0 aliphatic heterocycles. The highest BCUT2D eigenvalue weighted by Crippen LogP contribution is 2.27. The summed E-state index contributed by atoms with van der Waals surface area (Å²) in [4.78, 5) is 11.9. The topological polar surface area (TPSA) is 67.2 Å². The van der Waals surface area contributed by atoms with Crippen LogP contribution < -0.4 is 16.4 Å². The molecule has 0 bridgehead atoms. The standard InChI is InChI=1S/C13H17BrFN3OS/c1-6(2)17-13(19)7(3)18-9-5-4-8(12(16)20)10(14)11(9)15/h4-7,18H,1-3H3,(H2,16,20)(H,17,19). The van der Waals surface area contributed by atoms with Gasteiger partial charge in [0, 0.05) is 11.6 Å². The molecule has 1 amide bonds. The smallest absolute Gasteiger partial charge is 0.242 e. The summed E-state index contributed by atoms with van der Waals surface area (Å²) in [7, 11) is 0. The minimum Gasteiger partial charge on any atom is -0.389 e. The van der Waals surface area contributed by atoms with E-state index in [1.54, 1.807) is 13.0 Å². The molecule has 4 N–H and O–H groups in total. The molecule has 20 heavy (non-hydrogen) atoms. The van der Waals surface area contributed by atoms with Gasteiger partial charge < -0.3 is 16.4 Å². The average Bonchev–Trinajstić information content (AvgIpc) is 2.33. The van der Waals surface area contributed by atoms with Gasteiger partial charge in [-0.05, 0) is 48.8 Å². The quantitative estimate of drug-likeness (QED) is 0.705. The second-order valence-corrected chi connectivity index (χ2v) is 5.92. The summed E-state index contributed by atoms with van der Waals surface area (Å²) in [6.07, 6.45) is 0. The van der Waals surface area contributed by atoms with Crippen molar-refractivity contribution in [2.24, 2.45) is 5.73 Å². The van der Waals surface area contributed by atoms with Gasteiger partial charge in [0.15, 0.2) is 5.82 Å². The van der Waals surface area contributed by atoms with Gasteiger partial charge in [-0.3, -0.25) is 4.79 Å². The van der Waals surface area contributed by atoms with E-state index in [1.165, 1.54) is 6.07 Å². The average molecular weight is 362 g/mol. The van der Waals surface area contributed by atoms with Crippen molar-refractivity contribution in [3.63, 3.8) is 0 Å². The zero-order chi connectivity index (χ0) is 15.4. The Kier molecular flexibility index (Phi) is 5.88. The highest BCUT2D eigenvalue weighted by molar-refractivity contribution is 9.10. The molecule has 1 rings (SSSR count). The van der Waals surface area contributed by atoms with Gasteiger partial charge in [-0.1, -0.05) is 12.2 Å². The lowest BCUT2D eigenvalue weighted by molar-refractivity contribution is -0.122. The first-order chi connectivity index (χ1) is 9.23. The first-order valence-electron chi connectivity index (χ1n) is 6.08. The van der Waals surface area contributed by atoms with E-state index in [1.807, 2.05) is 13.8 Å². The van der Waals surface area contributed by atoms with E-state index in [0.717, 1.165) is 0 Å². The van der Waals surface area contributed by atoms with E-state index in [4.69, 9.17) is 18.0 Å². The summed E-state index contributed by atoms with van der Waals surface area (Å²) >= 11 is 7.94. The summed E-state index contributed by atoms with van der Waals surface area (Å²) in [6, 6.07) is 2.58. The van der Waals surface area contributed by atoms with Crippen LogP contribution in [-0.2, 0) is 4.79 Å². The second-order valence-electron chi connectivity index (χ2n) is 4.68. The molecule has 0 aliphatic rings. The van der Waals surface area contributed by atoms with Crippen molar-refractivity contribution in [3.8, 4) is 0 Å². The van der Waals surface area contributed by atoms with Gasteiger partial charge in [-0.2, -0.15) is 0 Å². The molecule has 1 atom stereocenters. The molecular formula is C13H17BrFN3OS. The lowest BCUT2D eigenvalue weighted by Crippen LogP contribution is -2.41. The van der Waals surface area contributed by atoms with Crippen LogP contribution in [0.4, 0.5) is 10.1 Å². The Balaban J connectivity index is 2.91. The maximum atomic E-state index is 14.2. The zero-order valence-electron chi connectivity index (χ0n) is 11.5. The summed E-state index contributed by atoms with van der Waals surface area (Å²) in [5, 5.41) is 5.57. The van der Waals surface area contributed by atoms with Gasteiger partial charge >= 0.3 is 0 Å². The van der Waals surface area contributed by atoms with Crippen LogP contribution in [0.3, 0.4) is 0 Å². The third-order valence-electron chi connectivity index (χ3n) is 2.54. The number of thiocarbonyl (C=S) groups is 1. The van der Waals surface area contributed by atoms with E-state index in [-0.39, 0.29) is 27.1 Å². The van der Waals surface area contributed by atoms with Crippen molar-refractivity contribution in [2.45, 2.75) is 32.9 Å². The van der Waals surface area contributed by atoms with Gasteiger partial charge in [-0.25, -0.2) is 4.39 Å². The molecule has 0 spiro atoms. The molecule has 0 radical (unpaired) electrons. The molecule has 1 unspecified atom stereocenters. The van der Waals surface area contributed by atoms with Crippen LogP contribution in [0.25, 0.3) is 0 Å². The van der Waals surface area contributed by atoms with Crippen LogP contribution in [0.1, 0.15) is 26.3 Å². The van der Waals surface area contributed by atoms with Crippen LogP contribution in [0, 0.1) is 5.82 Å². The van der Waals surface area contributed by atoms with E-state index in [9.17, 15) is 9.18 Å². The third-order valence-corrected chi connectivity index (χ3v) is 3.54. The van der Waals surface area contributed by atoms with E-state index in [0.29, 0.717) is 5.56 Å². The molecule has 0 fully saturated rings. The van der Waals surface area contributed by atoms with Crippen LogP contribution in [-0.4, -0.2) is 23.0 Å². The Hall–Kier alpha value is -1.21. The fraction of sp³-hybridized carbons (Fsp3) is 0.385. The van der Waals surface area contributed by atoms with Gasteiger partial charge in [-0.15, -0.1) is 0 Å². The molecule has 4 nitrogen and oxygen atoms in total. The highest BCUT2D eigenvalue weighted by atomic mass is 79.9. The predicted molar refractivity (Wildman–Crippen MR) is 86.4 cm³/mol. The number of hydrogen-bond donors (Lipinski definition) is 3. The lowest BCUT2D eigenvalue weighted by atomic mass is 10.1. The Labute approximate surface area is 131 Å². The first kappa shape index (κ1) is 16.8. The van der Waals surface area contributed by atoms with Crippen LogP contribution in [0.15, 0.2) is 16.6 Å². The van der Waals surface area contributed by atoms with Gasteiger partial charge in [0.1, 0.15) is 11.0 Å². The summed E-state index contributed by atoms with van der Waals surface area (Å²) in [5.41, 5.74) is 6.12. The first-order valence-corrected chi connectivity index (χ1v) is 7.28. The van der Waals surface area contributed by atoms with Gasteiger partial charge in [0.05, 0.1) is 10.2 Å². The maximum Gasteiger partial charge on any atom is 0.242 e. The summed E-state index contributed by atoms with van der Waals surface area (Å²) in [5.74, 6) is -0.728. The molecule has 1 aromatic rings. The van der Waals surface area contributed by atoms with Crippen molar-refractivity contribution >= 4 is 44.7 Å². The number of carbonyl (C=O) groups excluding carboxylic acids is 1. The number of amides is 1. The number of carbonyl (C=O) groups is 1. The molecule has 1 aromatic carbocycles. The largest absolute Gasteiger partial charge is 0.389 e. The number of anilines is 1. The molecule has 7 heteroatoms. The Morgan fingerprint density at radius 1 is 1.40 bits per heavy atom. The fourth-order valence-corrected chi connectivity index (χ4v) is 2.42. The number of halogens is 2. The van der Waals surface area contributed by atoms with Crippen LogP contribution in [0.5, 0.6) is 0 Å². The molecule has 0 saturated heterocycles. The number of hydrogen-bond acceptors (Lipinski definition) is 3. The molecule has 110 valence electrons. The molecule has 0 aliphatic carbocycles. The lowest BCUT2D eigenvalue weighted by Gasteiger charge is -2.18. The fourth-order valence-electron chi connectivity index (χ4n) is 1.56. The third kappa shape index (κ3) is 4.14. The Bertz CT molecular complexity index is 537. The highest BCUT2D eigenvalue weighted by Gasteiger charge is 2.18. The monoisotopic (exact) mass is 361 g/mol. The molecular weight excluding hydrogens is 345 g/mol. The van der Waals surface area contributed by atoms with Crippen molar-refractivity contribution in [1.29, 1.82) is 0 Å². The SMILES string of the molecule is CC(C)NC(=O)C(C)Nc1ccc(C(N)=S)c(Br)c1F. The molecule has 0 heterocycles. The number of benzene rings is 1. The number of nitrogens with two attached hydrogens (primary N) is 1. The summed E-state index contributed by atoms with van der Waals surface area (Å²) < 4.78 is 14.3. The van der Waals surface area contributed by atoms with Crippen molar-refractivity contribution in [3.05, 3.63) is 28.0 Å². The maximum absolute atomic E-state index is 14.2. The molecule has 0 aromatic heterocycles. The van der Waals surface area contributed by atoms with E-state index < -0.39 is 11.9 Å². The van der Waals surface area contributed by atoms with Crippen molar-refractivity contribution in [2.75, 3.05) is 5.32 Å². The van der Waals surface area contributed by atoms with E-state index >= 15 is 0 Å². The van der Waals surface area contributed by atoms with Crippen LogP contribution in [0.2, 0.25) is 0 Å². The normalized spacial score (nSPS) is 12.1. The second kappa shape index (κ2) is 6.99. The summed E-state index contributed by atoms with van der Waals surface area (Å²) in [6.45, 7) is 5.38. The Morgan fingerprint density at radius 3 is 2.50 bits per heavy atom. The van der Waals surface area contributed by atoms with Crippen molar-refractivity contribution < 1.29 is 9.18 Å². The number of nitrogens with one attached hydrogen (secondary N) is 2.